The first kappa shape index (κ1) is 20.6. The Morgan fingerprint density at radius 3 is 2.43 bits per heavy atom. The highest BCUT2D eigenvalue weighted by Crippen LogP contribution is 2.22. The number of amides is 3. The summed E-state index contributed by atoms with van der Waals surface area (Å²) < 4.78 is 53.3. The van der Waals surface area contributed by atoms with Gasteiger partial charge in [-0.2, -0.15) is 4.31 Å². The smallest absolute Gasteiger partial charge is 0.325 e. The van der Waals surface area contributed by atoms with Crippen LogP contribution in [-0.2, 0) is 14.8 Å². The molecule has 2 saturated heterocycles. The highest BCUT2D eigenvalue weighted by atomic mass is 32.2. The number of benzene rings is 1. The predicted molar refractivity (Wildman–Crippen MR) is 95.6 cm³/mol. The molecule has 28 heavy (non-hydrogen) atoms. The van der Waals surface area contributed by atoms with Crippen molar-refractivity contribution in [3.63, 3.8) is 0 Å². The van der Waals surface area contributed by atoms with Gasteiger partial charge in [-0.1, -0.05) is 13.3 Å². The van der Waals surface area contributed by atoms with Crippen LogP contribution in [0.2, 0.25) is 0 Å². The third kappa shape index (κ3) is 4.01. The van der Waals surface area contributed by atoms with Gasteiger partial charge in [-0.05, 0) is 18.6 Å². The molecular weight excluding hydrogens is 394 g/mol. The molecular formula is C17H22F2N4O4S. The molecule has 0 aliphatic carbocycles. The van der Waals surface area contributed by atoms with E-state index in [4.69, 9.17) is 0 Å². The third-order valence-electron chi connectivity index (χ3n) is 4.87. The van der Waals surface area contributed by atoms with Crippen LogP contribution in [0.1, 0.15) is 19.8 Å². The summed E-state index contributed by atoms with van der Waals surface area (Å²) in [6, 6.07) is 1.38. The van der Waals surface area contributed by atoms with E-state index >= 15 is 0 Å². The predicted octanol–water partition coefficient (Wildman–Crippen LogP) is 0.949. The molecule has 0 spiro atoms. The standard InChI is InChI=1S/C17H22F2N4O4S/c1-2-3-14-16(24)23(17(25)20-14)11-21-6-8-22(9-7-21)28(26,27)15-5-4-12(18)10-13(15)19/h4-5,10,14H,2-3,6-9,11H2,1H3,(H,20,25)/t14-/m1/s1. The van der Waals surface area contributed by atoms with E-state index in [-0.39, 0.29) is 38.8 Å². The van der Waals surface area contributed by atoms with E-state index in [2.05, 4.69) is 5.32 Å². The van der Waals surface area contributed by atoms with Crippen LogP contribution < -0.4 is 5.32 Å². The van der Waals surface area contributed by atoms with Crippen LogP contribution in [0.15, 0.2) is 23.1 Å². The highest BCUT2D eigenvalue weighted by molar-refractivity contribution is 7.89. The van der Waals surface area contributed by atoms with E-state index < -0.39 is 38.6 Å². The van der Waals surface area contributed by atoms with E-state index in [0.717, 1.165) is 27.8 Å². The van der Waals surface area contributed by atoms with Gasteiger partial charge in [-0.15, -0.1) is 0 Å². The molecule has 2 heterocycles. The van der Waals surface area contributed by atoms with E-state index in [1.165, 1.54) is 0 Å². The molecule has 2 aliphatic heterocycles. The third-order valence-corrected chi connectivity index (χ3v) is 6.80. The number of hydrogen-bond donors (Lipinski definition) is 1. The van der Waals surface area contributed by atoms with E-state index in [1.807, 2.05) is 6.92 Å². The fraction of sp³-hybridized carbons (Fsp3) is 0.529. The van der Waals surface area contributed by atoms with Crippen LogP contribution >= 0.6 is 0 Å². The maximum Gasteiger partial charge on any atom is 0.325 e. The second kappa shape index (κ2) is 8.10. The van der Waals surface area contributed by atoms with Crippen LogP contribution in [0.25, 0.3) is 0 Å². The number of imide groups is 1. The van der Waals surface area contributed by atoms with Crippen molar-refractivity contribution in [3.05, 3.63) is 29.8 Å². The highest BCUT2D eigenvalue weighted by Gasteiger charge is 2.39. The minimum atomic E-state index is -4.09. The molecule has 2 aliphatic rings. The van der Waals surface area contributed by atoms with Crippen molar-refractivity contribution in [2.75, 3.05) is 32.8 Å². The van der Waals surface area contributed by atoms with Crippen molar-refractivity contribution < 1.29 is 26.8 Å². The zero-order valence-corrected chi connectivity index (χ0v) is 16.2. The van der Waals surface area contributed by atoms with Crippen molar-refractivity contribution in [3.8, 4) is 0 Å². The Morgan fingerprint density at radius 2 is 1.82 bits per heavy atom. The molecule has 3 amide bonds. The van der Waals surface area contributed by atoms with Crippen molar-refractivity contribution in [2.45, 2.75) is 30.7 Å². The number of nitrogens with one attached hydrogen (secondary N) is 1. The molecule has 0 radical (unpaired) electrons. The Balaban J connectivity index is 1.61. The van der Waals surface area contributed by atoms with Gasteiger partial charge < -0.3 is 5.32 Å². The Labute approximate surface area is 162 Å². The van der Waals surface area contributed by atoms with E-state index in [0.29, 0.717) is 12.5 Å². The monoisotopic (exact) mass is 416 g/mol. The fourth-order valence-electron chi connectivity index (χ4n) is 3.33. The summed E-state index contributed by atoms with van der Waals surface area (Å²) in [5.74, 6) is -2.27. The Kier molecular flexibility index (Phi) is 5.96. The first-order valence-electron chi connectivity index (χ1n) is 9.03. The van der Waals surface area contributed by atoms with Gasteiger partial charge >= 0.3 is 6.03 Å². The van der Waals surface area contributed by atoms with Crippen LogP contribution in [0.5, 0.6) is 0 Å². The summed E-state index contributed by atoms with van der Waals surface area (Å²) in [4.78, 5) is 26.6. The first-order chi connectivity index (χ1) is 13.2. The SMILES string of the molecule is CCC[C@H]1NC(=O)N(CN2CCN(S(=O)(=O)c3ccc(F)cc3F)CC2)C1=O. The zero-order chi connectivity index (χ0) is 20.5. The molecule has 0 aromatic heterocycles. The lowest BCUT2D eigenvalue weighted by Gasteiger charge is -2.35. The molecule has 8 nitrogen and oxygen atoms in total. The van der Waals surface area contributed by atoms with Gasteiger partial charge in [-0.25, -0.2) is 26.9 Å². The van der Waals surface area contributed by atoms with E-state index in [9.17, 15) is 26.8 Å². The molecule has 1 aromatic rings. The first-order valence-corrected chi connectivity index (χ1v) is 10.5. The molecule has 0 bridgehead atoms. The molecule has 0 unspecified atom stereocenters. The average molecular weight is 416 g/mol. The van der Waals surface area contributed by atoms with Gasteiger partial charge in [0.15, 0.2) is 0 Å². The minimum Gasteiger partial charge on any atom is -0.326 e. The summed E-state index contributed by atoms with van der Waals surface area (Å²) in [7, 11) is -4.09. The van der Waals surface area contributed by atoms with Crippen molar-refractivity contribution in [2.24, 2.45) is 0 Å². The summed E-state index contributed by atoms with van der Waals surface area (Å²) in [6.07, 6.45) is 1.33. The number of urea groups is 1. The summed E-state index contributed by atoms with van der Waals surface area (Å²) in [5.41, 5.74) is 0. The van der Waals surface area contributed by atoms with Gasteiger partial charge in [0.05, 0.1) is 6.67 Å². The Morgan fingerprint density at radius 1 is 1.14 bits per heavy atom. The quantitative estimate of drug-likeness (QED) is 0.698. The van der Waals surface area contributed by atoms with E-state index in [1.54, 1.807) is 4.90 Å². The van der Waals surface area contributed by atoms with Gasteiger partial charge in [0.1, 0.15) is 22.6 Å². The number of carbonyl (C=O) groups excluding carboxylic acids is 2. The summed E-state index contributed by atoms with van der Waals surface area (Å²) >= 11 is 0. The lowest BCUT2D eigenvalue weighted by atomic mass is 10.2. The van der Waals surface area contributed by atoms with Crippen LogP contribution in [-0.4, -0.2) is 73.4 Å². The summed E-state index contributed by atoms with van der Waals surface area (Å²) in [5, 5.41) is 2.64. The normalized spacial score (nSPS) is 22.0. The van der Waals surface area contributed by atoms with Crippen molar-refractivity contribution >= 4 is 22.0 Å². The van der Waals surface area contributed by atoms with Crippen molar-refractivity contribution in [1.82, 2.24) is 19.4 Å². The van der Waals surface area contributed by atoms with Gasteiger partial charge in [0.2, 0.25) is 10.0 Å². The number of hydrogen-bond acceptors (Lipinski definition) is 5. The lowest BCUT2D eigenvalue weighted by molar-refractivity contribution is -0.129. The second-order valence-corrected chi connectivity index (χ2v) is 8.70. The number of carbonyl (C=O) groups is 2. The number of rotatable bonds is 6. The van der Waals surface area contributed by atoms with Gasteiger partial charge in [0.25, 0.3) is 5.91 Å². The largest absolute Gasteiger partial charge is 0.326 e. The minimum absolute atomic E-state index is 0.0706. The molecule has 2 fully saturated rings. The number of piperazine rings is 1. The number of nitrogens with zero attached hydrogens (tertiary/aromatic N) is 3. The fourth-order valence-corrected chi connectivity index (χ4v) is 4.80. The average Bonchev–Trinajstić information content (AvgIpc) is 2.90. The van der Waals surface area contributed by atoms with Gasteiger partial charge in [0, 0.05) is 32.2 Å². The lowest BCUT2D eigenvalue weighted by Crippen LogP contribution is -2.52. The maximum absolute atomic E-state index is 13.9. The Hall–Kier alpha value is -2.11. The summed E-state index contributed by atoms with van der Waals surface area (Å²) in [6.45, 7) is 2.69. The maximum atomic E-state index is 13.9. The molecule has 1 atom stereocenters. The van der Waals surface area contributed by atoms with Crippen LogP contribution in [0.3, 0.4) is 0 Å². The number of halogens is 2. The van der Waals surface area contributed by atoms with Crippen molar-refractivity contribution in [1.29, 1.82) is 0 Å². The molecule has 3 rings (SSSR count). The van der Waals surface area contributed by atoms with Crippen LogP contribution in [0, 0.1) is 11.6 Å². The molecule has 1 aromatic carbocycles. The van der Waals surface area contributed by atoms with Crippen LogP contribution in [0.4, 0.5) is 13.6 Å². The molecule has 11 heteroatoms. The van der Waals surface area contributed by atoms with Gasteiger partial charge in [-0.3, -0.25) is 9.69 Å². The zero-order valence-electron chi connectivity index (χ0n) is 15.4. The molecule has 154 valence electrons. The second-order valence-electron chi connectivity index (χ2n) is 6.80. The molecule has 1 N–H and O–H groups in total. The Bertz CT molecular complexity index is 872. The number of sulfonamides is 1. The topological polar surface area (TPSA) is 90.0 Å². The molecule has 0 saturated carbocycles.